The van der Waals surface area contributed by atoms with Crippen molar-refractivity contribution in [1.29, 1.82) is 0 Å². The van der Waals surface area contributed by atoms with Crippen molar-refractivity contribution in [3.63, 3.8) is 0 Å². The van der Waals surface area contributed by atoms with Gasteiger partial charge < -0.3 is 11.1 Å². The van der Waals surface area contributed by atoms with Gasteiger partial charge in [0.25, 0.3) is 0 Å². The van der Waals surface area contributed by atoms with E-state index in [1.165, 1.54) is 24.2 Å². The van der Waals surface area contributed by atoms with E-state index in [4.69, 9.17) is 5.73 Å². The fourth-order valence-electron chi connectivity index (χ4n) is 1.55. The maximum absolute atomic E-state index is 5.56. The largest absolute Gasteiger partial charge is 0.389 e. The van der Waals surface area contributed by atoms with Crippen LogP contribution in [0.5, 0.6) is 0 Å². The smallest absolute Gasteiger partial charge is 0.184 e. The molecular formula is C8H13N3S. The quantitative estimate of drug-likeness (QED) is 0.736. The monoisotopic (exact) mass is 183 g/mol. The molecule has 0 aromatic carbocycles. The summed E-state index contributed by atoms with van der Waals surface area (Å²) < 4.78 is 0. The Balaban J connectivity index is 1.88. The lowest BCUT2D eigenvalue weighted by molar-refractivity contribution is 0.309. The van der Waals surface area contributed by atoms with E-state index in [9.17, 15) is 0 Å². The molecule has 2 rings (SSSR count). The summed E-state index contributed by atoms with van der Waals surface area (Å²) in [6.45, 7) is 2.27. The number of rotatable bonds is 2. The third-order valence-corrected chi connectivity index (χ3v) is 2.98. The first-order valence-corrected chi connectivity index (χ1v) is 5.03. The highest BCUT2D eigenvalue weighted by molar-refractivity contribution is 7.19. The van der Waals surface area contributed by atoms with E-state index in [1.54, 1.807) is 6.20 Å². The van der Waals surface area contributed by atoms with Crippen molar-refractivity contribution >= 4 is 21.5 Å². The number of thiazole rings is 1. The first-order chi connectivity index (χ1) is 5.74. The topological polar surface area (TPSA) is 50.9 Å². The summed E-state index contributed by atoms with van der Waals surface area (Å²) in [4.78, 5) is 4.15. The Labute approximate surface area is 76.0 Å². The molecule has 0 spiro atoms. The van der Waals surface area contributed by atoms with Crippen LogP contribution in [0.15, 0.2) is 6.20 Å². The van der Waals surface area contributed by atoms with E-state index in [1.807, 2.05) is 0 Å². The molecule has 0 unspecified atom stereocenters. The molecule has 3 N–H and O–H groups in total. The summed E-state index contributed by atoms with van der Waals surface area (Å²) in [5.74, 6) is 0.875. The molecule has 12 heavy (non-hydrogen) atoms. The number of hydrogen-bond acceptors (Lipinski definition) is 4. The average molecular weight is 183 g/mol. The predicted molar refractivity (Wildman–Crippen MR) is 52.3 cm³/mol. The molecule has 1 aliphatic carbocycles. The van der Waals surface area contributed by atoms with Crippen molar-refractivity contribution in [3.8, 4) is 0 Å². The van der Waals surface area contributed by atoms with Crippen LogP contribution >= 0.6 is 11.3 Å². The molecule has 1 aromatic rings. The maximum atomic E-state index is 5.56. The van der Waals surface area contributed by atoms with Crippen LogP contribution in [0.25, 0.3) is 0 Å². The van der Waals surface area contributed by atoms with E-state index in [2.05, 4.69) is 17.2 Å². The second kappa shape index (κ2) is 2.94. The van der Waals surface area contributed by atoms with E-state index in [0.717, 1.165) is 16.1 Å². The Morgan fingerprint density at radius 1 is 1.67 bits per heavy atom. The minimum atomic E-state index is 0.630. The Bertz CT molecular complexity index is 265. The zero-order chi connectivity index (χ0) is 8.55. The highest BCUT2D eigenvalue weighted by atomic mass is 32.1. The maximum Gasteiger partial charge on any atom is 0.184 e. The molecule has 66 valence electrons. The second-order valence-electron chi connectivity index (χ2n) is 3.49. The first-order valence-electron chi connectivity index (χ1n) is 4.22. The SMILES string of the molecule is CC1CC(Nc2ncc(N)s2)C1. The number of nitrogens with two attached hydrogens (primary N) is 1. The van der Waals surface area contributed by atoms with E-state index >= 15 is 0 Å². The van der Waals surface area contributed by atoms with Crippen LogP contribution in [0.1, 0.15) is 19.8 Å². The van der Waals surface area contributed by atoms with Crippen LogP contribution < -0.4 is 11.1 Å². The Kier molecular flexibility index (Phi) is 1.92. The number of aromatic nitrogens is 1. The molecule has 0 radical (unpaired) electrons. The number of nitrogens with zero attached hydrogens (tertiary/aromatic N) is 1. The fourth-order valence-corrected chi connectivity index (χ4v) is 2.21. The number of nitrogen functional groups attached to an aromatic ring is 1. The van der Waals surface area contributed by atoms with Gasteiger partial charge >= 0.3 is 0 Å². The minimum Gasteiger partial charge on any atom is -0.389 e. The fraction of sp³-hybridized carbons (Fsp3) is 0.625. The van der Waals surface area contributed by atoms with Gasteiger partial charge in [0.2, 0.25) is 0 Å². The van der Waals surface area contributed by atoms with Crippen LogP contribution in [-0.2, 0) is 0 Å². The Hall–Kier alpha value is -0.770. The van der Waals surface area contributed by atoms with Crippen LogP contribution in [-0.4, -0.2) is 11.0 Å². The number of anilines is 2. The second-order valence-corrected chi connectivity index (χ2v) is 4.55. The van der Waals surface area contributed by atoms with Gasteiger partial charge in [-0.3, -0.25) is 0 Å². The predicted octanol–water partition coefficient (Wildman–Crippen LogP) is 1.94. The summed E-state index contributed by atoms with van der Waals surface area (Å²) in [6, 6.07) is 0.630. The Morgan fingerprint density at radius 2 is 2.42 bits per heavy atom. The molecule has 0 aliphatic heterocycles. The molecule has 0 saturated heterocycles. The summed E-state index contributed by atoms with van der Waals surface area (Å²) in [6.07, 6.45) is 4.23. The zero-order valence-electron chi connectivity index (χ0n) is 7.08. The zero-order valence-corrected chi connectivity index (χ0v) is 7.90. The molecule has 1 aromatic heterocycles. The molecule has 0 bridgehead atoms. The van der Waals surface area contributed by atoms with E-state index in [-0.39, 0.29) is 0 Å². The first kappa shape index (κ1) is 7.86. The van der Waals surface area contributed by atoms with Crippen LogP contribution in [0.2, 0.25) is 0 Å². The van der Waals surface area contributed by atoms with Crippen LogP contribution in [0.4, 0.5) is 10.1 Å². The molecule has 1 saturated carbocycles. The average Bonchev–Trinajstić information content (AvgIpc) is 2.33. The highest BCUT2D eigenvalue weighted by Crippen LogP contribution is 2.31. The van der Waals surface area contributed by atoms with Gasteiger partial charge in [0.15, 0.2) is 5.13 Å². The van der Waals surface area contributed by atoms with Gasteiger partial charge in [-0.15, -0.1) is 0 Å². The molecule has 1 heterocycles. The molecule has 0 atom stereocenters. The lowest BCUT2D eigenvalue weighted by atomic mass is 9.82. The standard InChI is InChI=1S/C8H13N3S/c1-5-2-6(3-5)11-8-10-4-7(9)12-8/h4-6H,2-3,9H2,1H3,(H,10,11). The van der Waals surface area contributed by atoms with Crippen LogP contribution in [0, 0.1) is 5.92 Å². The van der Waals surface area contributed by atoms with Crippen molar-refractivity contribution in [1.82, 2.24) is 4.98 Å². The lowest BCUT2D eigenvalue weighted by Gasteiger charge is -2.32. The summed E-state index contributed by atoms with van der Waals surface area (Å²) in [5.41, 5.74) is 5.56. The van der Waals surface area contributed by atoms with Crippen molar-refractivity contribution in [2.45, 2.75) is 25.8 Å². The van der Waals surface area contributed by atoms with Gasteiger partial charge in [0.05, 0.1) is 6.20 Å². The van der Waals surface area contributed by atoms with Crippen LogP contribution in [0.3, 0.4) is 0 Å². The number of hydrogen-bond donors (Lipinski definition) is 2. The molecule has 1 fully saturated rings. The van der Waals surface area contributed by atoms with Gasteiger partial charge in [0.1, 0.15) is 5.00 Å². The molecule has 0 amide bonds. The van der Waals surface area contributed by atoms with Crippen molar-refractivity contribution in [2.24, 2.45) is 5.92 Å². The molecule has 1 aliphatic rings. The molecular weight excluding hydrogens is 170 g/mol. The van der Waals surface area contributed by atoms with Crippen molar-refractivity contribution in [2.75, 3.05) is 11.1 Å². The summed E-state index contributed by atoms with van der Waals surface area (Å²) >= 11 is 1.52. The number of nitrogens with one attached hydrogen (secondary N) is 1. The van der Waals surface area contributed by atoms with Gasteiger partial charge in [-0.05, 0) is 18.8 Å². The third-order valence-electron chi connectivity index (χ3n) is 2.22. The van der Waals surface area contributed by atoms with Crippen molar-refractivity contribution in [3.05, 3.63) is 6.20 Å². The van der Waals surface area contributed by atoms with Gasteiger partial charge in [-0.2, -0.15) is 0 Å². The van der Waals surface area contributed by atoms with Gasteiger partial charge in [-0.25, -0.2) is 4.98 Å². The van der Waals surface area contributed by atoms with E-state index in [0.29, 0.717) is 6.04 Å². The van der Waals surface area contributed by atoms with Gasteiger partial charge in [0, 0.05) is 6.04 Å². The summed E-state index contributed by atoms with van der Waals surface area (Å²) in [5, 5.41) is 5.10. The normalized spacial score (nSPS) is 28.1. The lowest BCUT2D eigenvalue weighted by Crippen LogP contribution is -2.33. The van der Waals surface area contributed by atoms with Crippen molar-refractivity contribution < 1.29 is 0 Å². The highest BCUT2D eigenvalue weighted by Gasteiger charge is 2.25. The van der Waals surface area contributed by atoms with Gasteiger partial charge in [-0.1, -0.05) is 18.3 Å². The van der Waals surface area contributed by atoms with E-state index < -0.39 is 0 Å². The third kappa shape index (κ3) is 1.53. The molecule has 4 heteroatoms. The summed E-state index contributed by atoms with van der Waals surface area (Å²) in [7, 11) is 0. The Morgan fingerprint density at radius 3 is 2.92 bits per heavy atom. The minimum absolute atomic E-state index is 0.630. The molecule has 3 nitrogen and oxygen atoms in total.